The van der Waals surface area contributed by atoms with Gasteiger partial charge in [-0.25, -0.2) is 0 Å². The molecule has 25 valence electrons. The van der Waals surface area contributed by atoms with Crippen LogP contribution in [0, 0.1) is 0 Å². The quantitative estimate of drug-likeness (QED) is 0.338. The normalized spacial score (nSPS) is 7.20. The summed E-state index contributed by atoms with van der Waals surface area (Å²) in [5.74, 6) is 0. The van der Waals surface area contributed by atoms with Gasteiger partial charge in [-0.15, -0.1) is 0 Å². The summed E-state index contributed by atoms with van der Waals surface area (Å²) < 4.78 is 0. The van der Waals surface area contributed by atoms with Gasteiger partial charge in [0.1, 0.15) is 0 Å². The number of hydrogen-bond donors (Lipinski definition) is 1. The Morgan fingerprint density at radius 3 is 1.40 bits per heavy atom. The molecule has 0 atom stereocenters. The molecule has 0 aliphatic heterocycles. The van der Waals surface area contributed by atoms with E-state index >= 15 is 0 Å². The molecule has 0 rings (SSSR count). The monoisotopic (exact) mass is 114 g/mol. The maximum absolute atomic E-state index is 8.16. The molecule has 0 aromatic rings. The van der Waals surface area contributed by atoms with Crippen LogP contribution >= 0.6 is 0 Å². The van der Waals surface area contributed by atoms with Crippen molar-refractivity contribution in [2.45, 2.75) is 13.1 Å². The average molecular weight is 114 g/mol. The Morgan fingerprint density at radius 1 is 1.40 bits per heavy atom. The first-order valence-corrected chi connectivity index (χ1v) is 3.67. The Hall–Kier alpha value is 1.81. The van der Waals surface area contributed by atoms with Gasteiger partial charge in [0.2, 0.25) is 0 Å². The van der Waals surface area contributed by atoms with Crippen molar-refractivity contribution in [1.29, 1.82) is 0 Å². The van der Waals surface area contributed by atoms with Crippen molar-refractivity contribution < 1.29 is 56.2 Å². The van der Waals surface area contributed by atoms with Crippen LogP contribution in [-0.2, 0) is 0 Å². The van der Waals surface area contributed by atoms with E-state index < -0.39 is 9.04 Å². The molecule has 0 aromatic heterocycles. The Labute approximate surface area is 76.9 Å². The summed E-state index contributed by atoms with van der Waals surface area (Å²) in [5.41, 5.74) is 0. The SMILES string of the molecule is C[Si](C)O.[K+]. The van der Waals surface area contributed by atoms with E-state index in [2.05, 4.69) is 0 Å². The van der Waals surface area contributed by atoms with Gasteiger partial charge in [-0.05, 0) is 13.1 Å². The molecule has 5 heavy (non-hydrogen) atoms. The molecule has 0 spiro atoms. The van der Waals surface area contributed by atoms with Crippen LogP contribution in [0.15, 0.2) is 0 Å². The first kappa shape index (κ1) is 9.94. The molecule has 3 heteroatoms. The van der Waals surface area contributed by atoms with Crippen molar-refractivity contribution in [3.05, 3.63) is 0 Å². The van der Waals surface area contributed by atoms with Crippen LogP contribution in [0.4, 0.5) is 0 Å². The molecule has 0 aliphatic rings. The zero-order valence-electron chi connectivity index (χ0n) is 3.95. The van der Waals surface area contributed by atoms with Crippen molar-refractivity contribution in [2.75, 3.05) is 0 Å². The predicted molar refractivity (Wildman–Crippen MR) is 19.7 cm³/mol. The largest absolute Gasteiger partial charge is 1.00 e. The summed E-state index contributed by atoms with van der Waals surface area (Å²) >= 11 is 0. The molecular formula is C2H7KOSi+. The minimum absolute atomic E-state index is 0. The smallest absolute Gasteiger partial charge is 0.432 e. The fourth-order valence-corrected chi connectivity index (χ4v) is 0. The molecule has 0 aromatic carbocycles. The Bertz CT molecular complexity index is 14.4. The molecule has 0 bridgehead atoms. The minimum Gasteiger partial charge on any atom is -0.432 e. The topological polar surface area (TPSA) is 20.2 Å². The van der Waals surface area contributed by atoms with Gasteiger partial charge < -0.3 is 4.80 Å². The van der Waals surface area contributed by atoms with Crippen LogP contribution in [-0.4, -0.2) is 13.8 Å². The van der Waals surface area contributed by atoms with Crippen LogP contribution in [0.5, 0.6) is 0 Å². The van der Waals surface area contributed by atoms with E-state index in [4.69, 9.17) is 4.80 Å². The third-order valence-corrected chi connectivity index (χ3v) is 0. The van der Waals surface area contributed by atoms with Crippen molar-refractivity contribution in [1.82, 2.24) is 0 Å². The van der Waals surface area contributed by atoms with Crippen molar-refractivity contribution in [2.24, 2.45) is 0 Å². The van der Waals surface area contributed by atoms with E-state index in [0.717, 1.165) is 0 Å². The molecule has 0 saturated heterocycles. The summed E-state index contributed by atoms with van der Waals surface area (Å²) in [6.07, 6.45) is 0. The average Bonchev–Trinajstić information content (AvgIpc) is 0.811. The van der Waals surface area contributed by atoms with Crippen molar-refractivity contribution >= 4 is 9.04 Å². The molecule has 1 nitrogen and oxygen atoms in total. The van der Waals surface area contributed by atoms with E-state index in [1.54, 1.807) is 0 Å². The Balaban J connectivity index is 0. The summed E-state index contributed by atoms with van der Waals surface area (Å²) in [7, 11) is -0.880. The van der Waals surface area contributed by atoms with E-state index in [1.165, 1.54) is 0 Å². The standard InChI is InChI=1S/C2H7OSi.K/c1-4(2)3;/h3H,1-2H3;/q;+1. The van der Waals surface area contributed by atoms with Gasteiger partial charge in [-0.1, -0.05) is 0 Å². The molecule has 0 heterocycles. The fourth-order valence-electron chi connectivity index (χ4n) is 0. The molecule has 1 radical (unpaired) electrons. The van der Waals surface area contributed by atoms with Gasteiger partial charge in [0, 0.05) is 0 Å². The zero-order chi connectivity index (χ0) is 3.58. The summed E-state index contributed by atoms with van der Waals surface area (Å²) in [4.78, 5) is 8.16. The van der Waals surface area contributed by atoms with E-state index in [1.807, 2.05) is 13.1 Å². The second-order valence-corrected chi connectivity index (χ2v) is 2.84. The molecule has 1 N–H and O–H groups in total. The molecule has 0 saturated carbocycles. The molecule has 0 unspecified atom stereocenters. The van der Waals surface area contributed by atoms with E-state index in [-0.39, 0.29) is 51.4 Å². The van der Waals surface area contributed by atoms with Crippen LogP contribution in [0.25, 0.3) is 0 Å². The second kappa shape index (κ2) is 5.81. The zero-order valence-corrected chi connectivity index (χ0v) is 8.07. The van der Waals surface area contributed by atoms with E-state index in [9.17, 15) is 0 Å². The van der Waals surface area contributed by atoms with Gasteiger partial charge in [0.05, 0.1) is 0 Å². The maximum atomic E-state index is 8.16. The second-order valence-electron chi connectivity index (χ2n) is 0.947. The van der Waals surface area contributed by atoms with Gasteiger partial charge in [0.15, 0.2) is 9.04 Å². The first-order valence-electron chi connectivity index (χ1n) is 1.22. The van der Waals surface area contributed by atoms with Crippen molar-refractivity contribution in [3.8, 4) is 0 Å². The maximum Gasteiger partial charge on any atom is 1.00 e. The van der Waals surface area contributed by atoms with Gasteiger partial charge >= 0.3 is 51.4 Å². The third-order valence-electron chi connectivity index (χ3n) is 0. The van der Waals surface area contributed by atoms with Crippen LogP contribution in [0.3, 0.4) is 0 Å². The Morgan fingerprint density at radius 2 is 1.40 bits per heavy atom. The van der Waals surface area contributed by atoms with Crippen molar-refractivity contribution in [3.63, 3.8) is 0 Å². The molecule has 0 aliphatic carbocycles. The third kappa shape index (κ3) is 25.7. The minimum atomic E-state index is -0.880. The fraction of sp³-hybridized carbons (Fsp3) is 1.00. The Kier molecular flexibility index (Phi) is 11.6. The first-order chi connectivity index (χ1) is 1.73. The molecule has 0 fully saturated rings. The predicted octanol–water partition coefficient (Wildman–Crippen LogP) is -2.77. The van der Waals surface area contributed by atoms with E-state index in [0.29, 0.717) is 0 Å². The van der Waals surface area contributed by atoms with Gasteiger partial charge in [0.25, 0.3) is 0 Å². The van der Waals surface area contributed by atoms with Gasteiger partial charge in [-0.3, -0.25) is 0 Å². The number of hydrogen-bond acceptors (Lipinski definition) is 1. The van der Waals surface area contributed by atoms with Crippen LogP contribution < -0.4 is 51.4 Å². The summed E-state index contributed by atoms with van der Waals surface area (Å²) in [6.45, 7) is 3.65. The summed E-state index contributed by atoms with van der Waals surface area (Å²) in [6, 6.07) is 0. The van der Waals surface area contributed by atoms with Crippen LogP contribution in [0.2, 0.25) is 13.1 Å². The number of rotatable bonds is 0. The van der Waals surface area contributed by atoms with Crippen LogP contribution in [0.1, 0.15) is 0 Å². The summed E-state index contributed by atoms with van der Waals surface area (Å²) in [5, 5.41) is 0. The van der Waals surface area contributed by atoms with Gasteiger partial charge in [-0.2, -0.15) is 0 Å². The molecular weight excluding hydrogens is 107 g/mol. The molecule has 0 amide bonds.